The zero-order chi connectivity index (χ0) is 17.9. The summed E-state index contributed by atoms with van der Waals surface area (Å²) >= 11 is 6.19. The van der Waals surface area contributed by atoms with Gasteiger partial charge in [0, 0.05) is 11.1 Å². The number of urea groups is 1. The standard InChI is InChI=1S/C22H25ClN2O/c23-19-11-5-10-18(12-19)21(15-6-1-2-7-15)25-22(26)24-20-13-16-8-3-4-9-17(16)14-20/h3-5,8-12,15,20-21H,1-2,6-7,13-14H2,(H2,24,25,26). The van der Waals surface area contributed by atoms with Crippen molar-refractivity contribution in [1.82, 2.24) is 10.6 Å². The third-order valence-corrected chi connectivity index (χ3v) is 5.99. The Bertz CT molecular complexity index is 760. The Balaban J connectivity index is 1.43. The van der Waals surface area contributed by atoms with Crippen molar-refractivity contribution in [1.29, 1.82) is 0 Å². The van der Waals surface area contributed by atoms with Gasteiger partial charge in [-0.1, -0.05) is 60.8 Å². The topological polar surface area (TPSA) is 41.1 Å². The van der Waals surface area contributed by atoms with Crippen molar-refractivity contribution in [2.24, 2.45) is 5.92 Å². The molecule has 2 aliphatic carbocycles. The van der Waals surface area contributed by atoms with E-state index < -0.39 is 0 Å². The SMILES string of the molecule is O=C(NC1Cc2ccccc2C1)NC(c1cccc(Cl)c1)C1CCCC1. The van der Waals surface area contributed by atoms with Gasteiger partial charge in [0.2, 0.25) is 0 Å². The second kappa shape index (κ2) is 7.71. The first-order valence-electron chi connectivity index (χ1n) is 9.58. The van der Waals surface area contributed by atoms with Crippen LogP contribution in [0.5, 0.6) is 0 Å². The molecular weight excluding hydrogens is 344 g/mol. The van der Waals surface area contributed by atoms with Gasteiger partial charge in [-0.15, -0.1) is 0 Å². The van der Waals surface area contributed by atoms with Crippen LogP contribution in [0.2, 0.25) is 5.02 Å². The van der Waals surface area contributed by atoms with E-state index in [-0.39, 0.29) is 18.1 Å². The van der Waals surface area contributed by atoms with Crippen LogP contribution in [0.25, 0.3) is 0 Å². The van der Waals surface area contributed by atoms with E-state index in [4.69, 9.17) is 11.6 Å². The van der Waals surface area contributed by atoms with Crippen LogP contribution in [0.1, 0.15) is 48.4 Å². The summed E-state index contributed by atoms with van der Waals surface area (Å²) in [6.45, 7) is 0. The Morgan fingerprint density at radius 3 is 2.35 bits per heavy atom. The van der Waals surface area contributed by atoms with Crippen molar-refractivity contribution >= 4 is 17.6 Å². The third kappa shape index (κ3) is 3.88. The molecule has 0 spiro atoms. The molecule has 2 amide bonds. The lowest BCUT2D eigenvalue weighted by atomic mass is 9.92. The lowest BCUT2D eigenvalue weighted by Gasteiger charge is -2.26. The fourth-order valence-electron chi connectivity index (χ4n) is 4.49. The largest absolute Gasteiger partial charge is 0.335 e. The maximum atomic E-state index is 12.7. The number of carbonyl (C=O) groups is 1. The van der Waals surface area contributed by atoms with Crippen LogP contribution in [0.3, 0.4) is 0 Å². The predicted molar refractivity (Wildman–Crippen MR) is 105 cm³/mol. The number of hydrogen-bond acceptors (Lipinski definition) is 1. The zero-order valence-electron chi connectivity index (χ0n) is 14.9. The van der Waals surface area contributed by atoms with Crippen molar-refractivity contribution in [2.75, 3.05) is 0 Å². The number of benzene rings is 2. The Morgan fingerprint density at radius 1 is 1.00 bits per heavy atom. The Kier molecular flexibility index (Phi) is 5.16. The molecule has 1 unspecified atom stereocenters. The molecule has 0 aliphatic heterocycles. The summed E-state index contributed by atoms with van der Waals surface area (Å²) in [5.41, 5.74) is 3.80. The lowest BCUT2D eigenvalue weighted by Crippen LogP contribution is -2.45. The van der Waals surface area contributed by atoms with Crippen LogP contribution in [-0.4, -0.2) is 12.1 Å². The Morgan fingerprint density at radius 2 is 1.69 bits per heavy atom. The number of fused-ring (bicyclic) bond motifs is 1. The molecule has 0 radical (unpaired) electrons. The van der Waals surface area contributed by atoms with Crippen LogP contribution >= 0.6 is 11.6 Å². The summed E-state index contributed by atoms with van der Waals surface area (Å²) in [5.74, 6) is 0.486. The molecule has 2 aliphatic rings. The number of carbonyl (C=O) groups excluding carboxylic acids is 1. The van der Waals surface area contributed by atoms with Gasteiger partial charge in [0.15, 0.2) is 0 Å². The number of nitrogens with one attached hydrogen (secondary N) is 2. The molecule has 0 bridgehead atoms. The van der Waals surface area contributed by atoms with Gasteiger partial charge in [-0.2, -0.15) is 0 Å². The molecular formula is C22H25ClN2O. The van der Waals surface area contributed by atoms with Crippen molar-refractivity contribution in [3.05, 3.63) is 70.2 Å². The van der Waals surface area contributed by atoms with Crippen molar-refractivity contribution in [3.63, 3.8) is 0 Å². The van der Waals surface area contributed by atoms with Gasteiger partial charge >= 0.3 is 6.03 Å². The Labute approximate surface area is 160 Å². The van der Waals surface area contributed by atoms with Gasteiger partial charge in [0.1, 0.15) is 0 Å². The van der Waals surface area contributed by atoms with Crippen LogP contribution in [0.4, 0.5) is 4.79 Å². The predicted octanol–water partition coefficient (Wildman–Crippen LogP) is 5.04. The highest BCUT2D eigenvalue weighted by atomic mass is 35.5. The minimum Gasteiger partial charge on any atom is -0.335 e. The van der Waals surface area contributed by atoms with Crippen LogP contribution in [0, 0.1) is 5.92 Å². The summed E-state index contributed by atoms with van der Waals surface area (Å²) < 4.78 is 0. The highest BCUT2D eigenvalue weighted by Gasteiger charge is 2.29. The van der Waals surface area contributed by atoms with Crippen molar-refractivity contribution in [2.45, 2.75) is 50.6 Å². The smallest absolute Gasteiger partial charge is 0.315 e. The molecule has 3 nitrogen and oxygen atoms in total. The molecule has 1 atom stereocenters. The molecule has 2 aromatic rings. The Hall–Kier alpha value is -2.00. The third-order valence-electron chi connectivity index (χ3n) is 5.75. The van der Waals surface area contributed by atoms with Gasteiger partial charge in [0.25, 0.3) is 0 Å². The monoisotopic (exact) mass is 368 g/mol. The fourth-order valence-corrected chi connectivity index (χ4v) is 4.69. The molecule has 4 heteroatoms. The van der Waals surface area contributed by atoms with Gasteiger partial charge in [-0.3, -0.25) is 0 Å². The second-order valence-corrected chi connectivity index (χ2v) is 8.01. The highest BCUT2D eigenvalue weighted by Crippen LogP contribution is 2.36. The van der Waals surface area contributed by atoms with Gasteiger partial charge in [-0.05, 0) is 60.4 Å². The first-order chi connectivity index (χ1) is 12.7. The van der Waals surface area contributed by atoms with Crippen LogP contribution in [0.15, 0.2) is 48.5 Å². The highest BCUT2D eigenvalue weighted by molar-refractivity contribution is 6.30. The average molecular weight is 369 g/mol. The summed E-state index contributed by atoms with van der Waals surface area (Å²) in [7, 11) is 0. The summed E-state index contributed by atoms with van der Waals surface area (Å²) in [4.78, 5) is 12.7. The first kappa shape index (κ1) is 17.4. The molecule has 2 N–H and O–H groups in total. The summed E-state index contributed by atoms with van der Waals surface area (Å²) in [6, 6.07) is 16.5. The first-order valence-corrected chi connectivity index (χ1v) is 9.96. The molecule has 0 saturated heterocycles. The van der Waals surface area contributed by atoms with Crippen LogP contribution in [-0.2, 0) is 12.8 Å². The molecule has 2 aromatic carbocycles. The van der Waals surface area contributed by atoms with Gasteiger partial charge < -0.3 is 10.6 Å². The number of halogens is 1. The number of hydrogen-bond donors (Lipinski definition) is 2. The second-order valence-electron chi connectivity index (χ2n) is 7.57. The van der Waals surface area contributed by atoms with E-state index in [2.05, 4.69) is 41.0 Å². The molecule has 136 valence electrons. The van der Waals surface area contributed by atoms with Crippen molar-refractivity contribution in [3.8, 4) is 0 Å². The van der Waals surface area contributed by atoms with E-state index in [1.54, 1.807) is 0 Å². The van der Waals surface area contributed by atoms with E-state index in [0.717, 1.165) is 36.3 Å². The summed E-state index contributed by atoms with van der Waals surface area (Å²) in [6.07, 6.45) is 6.62. The molecule has 0 heterocycles. The van der Waals surface area contributed by atoms with E-state index in [1.807, 2.05) is 18.2 Å². The van der Waals surface area contributed by atoms with E-state index in [9.17, 15) is 4.79 Å². The zero-order valence-corrected chi connectivity index (χ0v) is 15.6. The van der Waals surface area contributed by atoms with Crippen LogP contribution < -0.4 is 10.6 Å². The van der Waals surface area contributed by atoms with Crippen molar-refractivity contribution < 1.29 is 4.79 Å². The molecule has 26 heavy (non-hydrogen) atoms. The average Bonchev–Trinajstić information content (AvgIpc) is 3.28. The maximum Gasteiger partial charge on any atom is 0.315 e. The number of amides is 2. The summed E-state index contributed by atoms with van der Waals surface area (Å²) in [5, 5.41) is 7.15. The lowest BCUT2D eigenvalue weighted by molar-refractivity contribution is 0.227. The minimum atomic E-state index is -0.0697. The van der Waals surface area contributed by atoms with Gasteiger partial charge in [-0.25, -0.2) is 4.79 Å². The van der Waals surface area contributed by atoms with Gasteiger partial charge in [0.05, 0.1) is 6.04 Å². The number of rotatable bonds is 4. The molecule has 1 fully saturated rings. The van der Waals surface area contributed by atoms with E-state index in [1.165, 1.54) is 24.0 Å². The maximum absolute atomic E-state index is 12.7. The normalized spacial score (nSPS) is 18.5. The van der Waals surface area contributed by atoms with E-state index >= 15 is 0 Å². The van der Waals surface area contributed by atoms with E-state index in [0.29, 0.717) is 5.92 Å². The molecule has 0 aromatic heterocycles. The molecule has 1 saturated carbocycles. The minimum absolute atomic E-state index is 0.0278. The quantitative estimate of drug-likeness (QED) is 0.780. The fraction of sp³-hybridized carbons (Fsp3) is 0.409. The molecule has 4 rings (SSSR count).